The van der Waals surface area contributed by atoms with Gasteiger partial charge in [0.1, 0.15) is 0 Å². The van der Waals surface area contributed by atoms with E-state index < -0.39 is 0 Å². The van der Waals surface area contributed by atoms with E-state index in [2.05, 4.69) is 16.9 Å². The summed E-state index contributed by atoms with van der Waals surface area (Å²) < 4.78 is 1.62. The summed E-state index contributed by atoms with van der Waals surface area (Å²) in [4.78, 5) is 16.4. The maximum absolute atomic E-state index is 12.3. The zero-order valence-corrected chi connectivity index (χ0v) is 13.4. The summed E-state index contributed by atoms with van der Waals surface area (Å²) in [5.74, 6) is 0.0848. The van der Waals surface area contributed by atoms with Crippen LogP contribution in [-0.4, -0.2) is 69.4 Å². The van der Waals surface area contributed by atoms with Gasteiger partial charge in [-0.05, 0) is 6.42 Å². The van der Waals surface area contributed by atoms with E-state index in [1.807, 2.05) is 4.90 Å². The molecule has 21 heavy (non-hydrogen) atoms. The summed E-state index contributed by atoms with van der Waals surface area (Å²) in [7, 11) is 1.79. The number of piperazine rings is 1. The summed E-state index contributed by atoms with van der Waals surface area (Å²) in [5, 5.41) is 13.8. The molecule has 0 aliphatic carbocycles. The van der Waals surface area contributed by atoms with E-state index in [0.29, 0.717) is 24.7 Å². The lowest BCUT2D eigenvalue weighted by Crippen LogP contribution is -2.53. The largest absolute Gasteiger partial charge is 0.395 e. The minimum atomic E-state index is 0.0848. The number of aryl methyl sites for hydroxylation is 1. The second-order valence-electron chi connectivity index (χ2n) is 5.46. The van der Waals surface area contributed by atoms with Gasteiger partial charge in [0.05, 0.1) is 13.0 Å². The number of hydrogen-bond acceptors (Lipinski definition) is 4. The van der Waals surface area contributed by atoms with E-state index in [1.54, 1.807) is 17.9 Å². The minimum absolute atomic E-state index is 0.0848. The van der Waals surface area contributed by atoms with Crippen molar-refractivity contribution in [3.05, 3.63) is 16.9 Å². The second kappa shape index (κ2) is 7.24. The number of halogens is 1. The molecule has 7 heteroatoms. The zero-order chi connectivity index (χ0) is 15.4. The van der Waals surface area contributed by atoms with E-state index in [4.69, 9.17) is 11.6 Å². The highest BCUT2D eigenvalue weighted by Gasteiger charge is 2.25. The van der Waals surface area contributed by atoms with Crippen LogP contribution in [0.15, 0.2) is 6.20 Å². The lowest BCUT2D eigenvalue weighted by atomic mass is 10.1. The van der Waals surface area contributed by atoms with E-state index in [1.165, 1.54) is 0 Å². The topological polar surface area (TPSA) is 61.6 Å². The summed E-state index contributed by atoms with van der Waals surface area (Å²) in [6, 6.07) is 0.204. The molecule has 1 aromatic rings. The summed E-state index contributed by atoms with van der Waals surface area (Å²) in [6.45, 7) is 5.27. The molecule has 1 fully saturated rings. The third kappa shape index (κ3) is 3.96. The third-order valence-electron chi connectivity index (χ3n) is 4.06. The van der Waals surface area contributed by atoms with E-state index >= 15 is 0 Å². The normalized spacial score (nSPS) is 18.0. The SMILES string of the molecule is CCC(CO)N1CCN(C(=O)Cc2cn(C)nc2Cl)CC1. The molecule has 0 spiro atoms. The average Bonchev–Trinajstić information content (AvgIpc) is 2.79. The number of aliphatic hydroxyl groups is 1. The van der Waals surface area contributed by atoms with E-state index in [0.717, 1.165) is 25.1 Å². The van der Waals surface area contributed by atoms with Crippen LogP contribution < -0.4 is 0 Å². The van der Waals surface area contributed by atoms with Gasteiger partial charge >= 0.3 is 0 Å². The highest BCUT2D eigenvalue weighted by Crippen LogP contribution is 2.15. The number of carbonyl (C=O) groups excluding carboxylic acids is 1. The van der Waals surface area contributed by atoms with Crippen molar-refractivity contribution in [3.8, 4) is 0 Å². The Morgan fingerprint density at radius 3 is 2.57 bits per heavy atom. The van der Waals surface area contributed by atoms with Crippen LogP contribution in [-0.2, 0) is 18.3 Å². The van der Waals surface area contributed by atoms with Crippen molar-refractivity contribution in [1.29, 1.82) is 0 Å². The van der Waals surface area contributed by atoms with E-state index in [9.17, 15) is 9.90 Å². The molecule has 1 N–H and O–H groups in total. The quantitative estimate of drug-likeness (QED) is 0.861. The minimum Gasteiger partial charge on any atom is -0.395 e. The van der Waals surface area contributed by atoms with Gasteiger partial charge in [-0.3, -0.25) is 14.4 Å². The van der Waals surface area contributed by atoms with Crippen molar-refractivity contribution in [3.63, 3.8) is 0 Å². The van der Waals surface area contributed by atoms with Crippen LogP contribution in [0.5, 0.6) is 0 Å². The number of amides is 1. The molecule has 1 aliphatic heterocycles. The van der Waals surface area contributed by atoms with Crippen LogP contribution in [0.4, 0.5) is 0 Å². The van der Waals surface area contributed by atoms with Gasteiger partial charge in [-0.1, -0.05) is 18.5 Å². The fourth-order valence-corrected chi connectivity index (χ4v) is 2.98. The van der Waals surface area contributed by atoms with Gasteiger partial charge in [-0.2, -0.15) is 5.10 Å². The Labute approximate surface area is 130 Å². The van der Waals surface area contributed by atoms with Gasteiger partial charge < -0.3 is 10.0 Å². The Bertz CT molecular complexity index is 479. The predicted molar refractivity (Wildman–Crippen MR) is 81.2 cm³/mol. The number of rotatable bonds is 5. The molecule has 2 rings (SSSR count). The molecule has 0 bridgehead atoms. The van der Waals surface area contributed by atoms with Crippen molar-refractivity contribution >= 4 is 17.5 Å². The van der Waals surface area contributed by atoms with E-state index in [-0.39, 0.29) is 18.6 Å². The van der Waals surface area contributed by atoms with Crippen LogP contribution >= 0.6 is 11.6 Å². The van der Waals surface area contributed by atoms with Crippen LogP contribution in [0.2, 0.25) is 5.15 Å². The zero-order valence-electron chi connectivity index (χ0n) is 12.6. The van der Waals surface area contributed by atoms with Crippen molar-refractivity contribution in [2.75, 3.05) is 32.8 Å². The molecule has 0 radical (unpaired) electrons. The standard InChI is InChI=1S/C14H23ClN4O2/c1-3-12(10-20)18-4-6-19(7-5-18)13(21)8-11-9-17(2)16-14(11)15/h9,12,20H,3-8,10H2,1-2H3. The van der Waals surface area contributed by atoms with Gasteiger partial charge in [0.15, 0.2) is 5.15 Å². The Morgan fingerprint density at radius 1 is 1.43 bits per heavy atom. The first-order chi connectivity index (χ1) is 10.0. The molecule has 1 aromatic heterocycles. The molecule has 0 aromatic carbocycles. The fourth-order valence-electron chi connectivity index (χ4n) is 2.74. The smallest absolute Gasteiger partial charge is 0.227 e. The molecule has 1 unspecified atom stereocenters. The van der Waals surface area contributed by atoms with Crippen LogP contribution in [0.3, 0.4) is 0 Å². The maximum Gasteiger partial charge on any atom is 0.227 e. The van der Waals surface area contributed by atoms with Gasteiger partial charge in [0.25, 0.3) is 0 Å². The molecule has 0 saturated carbocycles. The Hall–Kier alpha value is -1.11. The van der Waals surface area contributed by atoms with Crippen molar-refractivity contribution in [2.45, 2.75) is 25.8 Å². The molecular formula is C14H23ClN4O2. The Kier molecular flexibility index (Phi) is 5.61. The summed E-state index contributed by atoms with van der Waals surface area (Å²) in [5.41, 5.74) is 0.772. The highest BCUT2D eigenvalue weighted by molar-refractivity contribution is 6.30. The number of hydrogen-bond donors (Lipinski definition) is 1. The monoisotopic (exact) mass is 314 g/mol. The van der Waals surface area contributed by atoms with Crippen molar-refractivity contribution in [1.82, 2.24) is 19.6 Å². The lowest BCUT2D eigenvalue weighted by molar-refractivity contribution is -0.132. The Morgan fingerprint density at radius 2 is 2.10 bits per heavy atom. The third-order valence-corrected chi connectivity index (χ3v) is 4.38. The number of aliphatic hydroxyl groups excluding tert-OH is 1. The number of carbonyl (C=O) groups is 1. The Balaban J connectivity index is 1.87. The number of aromatic nitrogens is 2. The molecule has 118 valence electrons. The molecule has 1 amide bonds. The van der Waals surface area contributed by atoms with Gasteiger partial charge in [0.2, 0.25) is 5.91 Å². The van der Waals surface area contributed by atoms with Crippen molar-refractivity contribution in [2.24, 2.45) is 7.05 Å². The predicted octanol–water partition coefficient (Wildman–Crippen LogP) is 0.531. The van der Waals surface area contributed by atoms with Gasteiger partial charge in [-0.25, -0.2) is 0 Å². The molecule has 6 nitrogen and oxygen atoms in total. The molecule has 1 atom stereocenters. The van der Waals surface area contributed by atoms with Crippen LogP contribution in [0.1, 0.15) is 18.9 Å². The molecule has 2 heterocycles. The van der Waals surface area contributed by atoms with Gasteiger partial charge in [-0.15, -0.1) is 0 Å². The molecule has 1 aliphatic rings. The first-order valence-electron chi connectivity index (χ1n) is 7.35. The maximum atomic E-state index is 12.3. The number of nitrogens with zero attached hydrogens (tertiary/aromatic N) is 4. The molecular weight excluding hydrogens is 292 g/mol. The van der Waals surface area contributed by atoms with Crippen LogP contribution in [0, 0.1) is 0 Å². The summed E-state index contributed by atoms with van der Waals surface area (Å²) >= 11 is 5.99. The fraction of sp³-hybridized carbons (Fsp3) is 0.714. The van der Waals surface area contributed by atoms with Crippen molar-refractivity contribution < 1.29 is 9.90 Å². The molecule has 1 saturated heterocycles. The lowest BCUT2D eigenvalue weighted by Gasteiger charge is -2.38. The van der Waals surface area contributed by atoms with Crippen LogP contribution in [0.25, 0.3) is 0 Å². The average molecular weight is 315 g/mol. The summed E-state index contributed by atoms with van der Waals surface area (Å²) in [6.07, 6.45) is 3.01. The second-order valence-corrected chi connectivity index (χ2v) is 5.82. The first kappa shape index (κ1) is 16.3. The van der Waals surface area contributed by atoms with Gasteiger partial charge in [0, 0.05) is 51.0 Å². The first-order valence-corrected chi connectivity index (χ1v) is 7.73. The highest BCUT2D eigenvalue weighted by atomic mass is 35.5.